The molecule has 6 atom stereocenters. The molecule has 1 saturated heterocycles. The van der Waals surface area contributed by atoms with E-state index >= 15 is 0 Å². The third-order valence-corrected chi connectivity index (χ3v) is 9.98. The van der Waals surface area contributed by atoms with Crippen LogP contribution in [0, 0.1) is 25.2 Å². The highest BCUT2D eigenvalue weighted by molar-refractivity contribution is 5.47. The molecule has 1 spiro atoms. The Balaban J connectivity index is 1.45. The molecule has 3 aliphatic rings. The fraction of sp³-hybridized carbons (Fsp3) is 0.429. The van der Waals surface area contributed by atoms with Gasteiger partial charge in [0.1, 0.15) is 6.10 Å². The lowest BCUT2D eigenvalue weighted by atomic mass is 9.60. The van der Waals surface area contributed by atoms with Gasteiger partial charge >= 0.3 is 0 Å². The van der Waals surface area contributed by atoms with Crippen LogP contribution in [0.2, 0.25) is 0 Å². The number of phenolic OH excluding ortho intramolecular Hbond substituents is 2. The second-order valence-corrected chi connectivity index (χ2v) is 12.1. The first kappa shape index (κ1) is 27.7. The Kier molecular flexibility index (Phi) is 7.03. The molecule has 0 radical (unpaired) electrons. The molecule has 0 aromatic heterocycles. The van der Waals surface area contributed by atoms with Crippen molar-refractivity contribution >= 4 is 0 Å². The number of aromatic hydroxyl groups is 2. The Labute approximate surface area is 242 Å². The number of hydrogen-bond acceptors (Lipinski definition) is 6. The van der Waals surface area contributed by atoms with Crippen LogP contribution in [0.15, 0.2) is 65.7 Å². The van der Waals surface area contributed by atoms with Gasteiger partial charge in [-0.2, -0.15) is 0 Å². The number of rotatable bonds is 5. The summed E-state index contributed by atoms with van der Waals surface area (Å²) >= 11 is 0. The van der Waals surface area contributed by atoms with Gasteiger partial charge in [-0.3, -0.25) is 0 Å². The van der Waals surface area contributed by atoms with Crippen molar-refractivity contribution < 1.29 is 29.2 Å². The van der Waals surface area contributed by atoms with Crippen molar-refractivity contribution in [2.75, 3.05) is 14.2 Å². The van der Waals surface area contributed by atoms with Gasteiger partial charge in [0.05, 0.1) is 32.5 Å². The third kappa shape index (κ3) is 4.48. The zero-order chi connectivity index (χ0) is 29.1. The summed E-state index contributed by atoms with van der Waals surface area (Å²) in [4.78, 5) is 0. The Morgan fingerprint density at radius 1 is 0.756 bits per heavy atom. The zero-order valence-corrected chi connectivity index (χ0v) is 24.7. The number of benzene rings is 3. The fourth-order valence-corrected chi connectivity index (χ4v) is 7.46. The number of phenols is 2. The van der Waals surface area contributed by atoms with Crippen LogP contribution in [0.1, 0.15) is 79.2 Å². The van der Waals surface area contributed by atoms with E-state index in [1.165, 1.54) is 27.8 Å². The van der Waals surface area contributed by atoms with Crippen molar-refractivity contribution in [2.24, 2.45) is 11.3 Å². The molecule has 2 heterocycles. The summed E-state index contributed by atoms with van der Waals surface area (Å²) in [6.07, 6.45) is 2.24. The molecule has 1 fully saturated rings. The molecule has 3 aromatic carbocycles. The van der Waals surface area contributed by atoms with Crippen LogP contribution >= 0.6 is 0 Å². The standard InChI is InChI=1S/C35H40O6/c1-19-7-8-23(15-20(19)2)33-27-18-35(14-13-26(27)22(4)40-33)21(3)32(24-9-11-28(36)31(17-24)39-6)41-34(35)25-10-12-30(38-5)29(37)16-25/h7-12,15-17,21-22,32-34,36-37H,13-14,18H2,1-6H3. The average Bonchev–Trinajstić information content (AvgIpc) is 3.44. The van der Waals surface area contributed by atoms with E-state index in [0.717, 1.165) is 30.4 Å². The van der Waals surface area contributed by atoms with Crippen LogP contribution in [0.25, 0.3) is 0 Å². The first-order valence-electron chi connectivity index (χ1n) is 14.5. The van der Waals surface area contributed by atoms with E-state index < -0.39 is 0 Å². The first-order valence-corrected chi connectivity index (χ1v) is 14.5. The van der Waals surface area contributed by atoms with Crippen molar-refractivity contribution in [2.45, 2.75) is 71.4 Å². The number of methoxy groups -OCH3 is 2. The van der Waals surface area contributed by atoms with Crippen LogP contribution in [0.3, 0.4) is 0 Å². The maximum atomic E-state index is 10.8. The minimum atomic E-state index is -0.260. The Hall–Kier alpha value is -3.48. The molecule has 6 rings (SSSR count). The molecule has 1 aliphatic carbocycles. The highest BCUT2D eigenvalue weighted by Gasteiger charge is 2.58. The molecular formula is C35H40O6. The minimum Gasteiger partial charge on any atom is -0.504 e. The van der Waals surface area contributed by atoms with Gasteiger partial charge < -0.3 is 29.2 Å². The van der Waals surface area contributed by atoms with Gasteiger partial charge in [0, 0.05) is 5.41 Å². The second kappa shape index (κ2) is 10.4. The molecule has 2 aliphatic heterocycles. The molecule has 0 amide bonds. The molecule has 6 nitrogen and oxygen atoms in total. The van der Waals surface area contributed by atoms with Crippen LogP contribution in [-0.2, 0) is 9.47 Å². The summed E-state index contributed by atoms with van der Waals surface area (Å²) in [5.41, 5.74) is 8.19. The Bertz CT molecular complexity index is 1510. The highest BCUT2D eigenvalue weighted by atomic mass is 16.5. The molecule has 216 valence electrons. The van der Waals surface area contributed by atoms with Gasteiger partial charge in [-0.15, -0.1) is 0 Å². The van der Waals surface area contributed by atoms with Crippen molar-refractivity contribution in [3.63, 3.8) is 0 Å². The van der Waals surface area contributed by atoms with Crippen LogP contribution in [0.5, 0.6) is 23.0 Å². The Morgan fingerprint density at radius 3 is 2.20 bits per heavy atom. The quantitative estimate of drug-likeness (QED) is 0.312. The van der Waals surface area contributed by atoms with Crippen LogP contribution in [0.4, 0.5) is 0 Å². The van der Waals surface area contributed by atoms with Gasteiger partial charge in [-0.1, -0.05) is 37.3 Å². The molecule has 0 bridgehead atoms. The lowest BCUT2D eigenvalue weighted by molar-refractivity contribution is 0.00319. The smallest absolute Gasteiger partial charge is 0.160 e. The molecule has 6 unspecified atom stereocenters. The highest BCUT2D eigenvalue weighted by Crippen LogP contribution is 2.66. The summed E-state index contributed by atoms with van der Waals surface area (Å²) < 4.78 is 24.5. The molecule has 0 saturated carbocycles. The Morgan fingerprint density at radius 2 is 1.49 bits per heavy atom. The average molecular weight is 557 g/mol. The van der Waals surface area contributed by atoms with Crippen molar-refractivity contribution in [3.8, 4) is 23.0 Å². The predicted octanol–water partition coefficient (Wildman–Crippen LogP) is 7.81. The molecular weight excluding hydrogens is 516 g/mol. The van der Waals surface area contributed by atoms with Crippen LogP contribution in [-0.4, -0.2) is 30.5 Å². The maximum Gasteiger partial charge on any atom is 0.160 e. The van der Waals surface area contributed by atoms with Crippen LogP contribution < -0.4 is 9.47 Å². The maximum absolute atomic E-state index is 10.8. The summed E-state index contributed by atoms with van der Waals surface area (Å²) in [5.74, 6) is 1.22. The predicted molar refractivity (Wildman–Crippen MR) is 158 cm³/mol. The van der Waals surface area contributed by atoms with Crippen molar-refractivity contribution in [3.05, 3.63) is 93.6 Å². The molecule has 6 heteroatoms. The van der Waals surface area contributed by atoms with Crippen molar-refractivity contribution in [1.82, 2.24) is 0 Å². The van der Waals surface area contributed by atoms with Gasteiger partial charge in [0.15, 0.2) is 23.0 Å². The van der Waals surface area contributed by atoms with E-state index in [4.69, 9.17) is 18.9 Å². The van der Waals surface area contributed by atoms with E-state index in [1.54, 1.807) is 26.4 Å². The third-order valence-electron chi connectivity index (χ3n) is 9.98. The van der Waals surface area contributed by atoms with Gasteiger partial charge in [0.25, 0.3) is 0 Å². The monoisotopic (exact) mass is 556 g/mol. The van der Waals surface area contributed by atoms with E-state index in [1.807, 2.05) is 24.3 Å². The normalized spacial score (nSPS) is 29.2. The fourth-order valence-electron chi connectivity index (χ4n) is 7.46. The SMILES string of the molecule is COc1ccc(C2OC(c3ccc(O)c(OC)c3)C(C)C23CCC2=C(C3)C(c3ccc(C)c(C)c3)OC2C)cc1O. The molecule has 2 N–H and O–H groups in total. The largest absolute Gasteiger partial charge is 0.504 e. The number of hydrogen-bond donors (Lipinski definition) is 2. The first-order chi connectivity index (χ1) is 19.7. The summed E-state index contributed by atoms with van der Waals surface area (Å²) in [6.45, 7) is 8.75. The molecule has 41 heavy (non-hydrogen) atoms. The van der Waals surface area contributed by atoms with E-state index in [2.05, 4.69) is 45.9 Å². The lowest BCUT2D eigenvalue weighted by Gasteiger charge is -2.42. The lowest BCUT2D eigenvalue weighted by Crippen LogP contribution is -2.35. The summed E-state index contributed by atoms with van der Waals surface area (Å²) in [6, 6.07) is 17.7. The zero-order valence-electron chi connectivity index (χ0n) is 24.7. The number of ether oxygens (including phenoxy) is 4. The summed E-state index contributed by atoms with van der Waals surface area (Å²) in [5, 5.41) is 21.0. The number of aryl methyl sites for hydroxylation is 2. The van der Waals surface area contributed by atoms with Gasteiger partial charge in [-0.25, -0.2) is 0 Å². The minimum absolute atomic E-state index is 0.0761. The summed E-state index contributed by atoms with van der Waals surface area (Å²) in [7, 11) is 3.12. The molecule has 3 aromatic rings. The van der Waals surface area contributed by atoms with Gasteiger partial charge in [-0.05, 0) is 109 Å². The second-order valence-electron chi connectivity index (χ2n) is 12.1. The van der Waals surface area contributed by atoms with E-state index in [9.17, 15) is 10.2 Å². The van der Waals surface area contributed by atoms with E-state index in [0.29, 0.717) is 11.5 Å². The topological polar surface area (TPSA) is 77.4 Å². The van der Waals surface area contributed by atoms with Crippen molar-refractivity contribution in [1.29, 1.82) is 0 Å². The van der Waals surface area contributed by atoms with Gasteiger partial charge in [0.2, 0.25) is 0 Å². The van der Waals surface area contributed by atoms with E-state index in [-0.39, 0.29) is 47.2 Å².